The van der Waals surface area contributed by atoms with Crippen molar-refractivity contribution in [2.24, 2.45) is 5.73 Å². The van der Waals surface area contributed by atoms with E-state index in [9.17, 15) is 8.42 Å². The molecule has 2 aromatic rings. The molecule has 1 saturated carbocycles. The summed E-state index contributed by atoms with van der Waals surface area (Å²) in [5.74, 6) is 0.743. The molecule has 23 heavy (non-hydrogen) atoms. The number of nitrogens with two attached hydrogens (primary N) is 1. The van der Waals surface area contributed by atoms with Crippen molar-refractivity contribution in [2.45, 2.75) is 31.2 Å². The number of rotatable bonds is 4. The van der Waals surface area contributed by atoms with Gasteiger partial charge in [0.15, 0.2) is 5.82 Å². The second-order valence-electron chi connectivity index (χ2n) is 5.71. The monoisotopic (exact) mass is 358 g/mol. The maximum absolute atomic E-state index is 11.5. The van der Waals surface area contributed by atoms with Gasteiger partial charge in [0.2, 0.25) is 10.0 Å². The van der Waals surface area contributed by atoms with Crippen molar-refractivity contribution >= 4 is 28.1 Å². The molecular formula is C14H19ClN4O3S. The Morgan fingerprint density at radius 3 is 2.57 bits per heavy atom. The average Bonchev–Trinajstić information content (AvgIpc) is 3.07. The third-order valence-corrected chi connectivity index (χ3v) is 4.41. The van der Waals surface area contributed by atoms with Gasteiger partial charge in [-0.25, -0.2) is 8.42 Å². The summed E-state index contributed by atoms with van der Waals surface area (Å²) in [4.78, 5) is 4.39. The van der Waals surface area contributed by atoms with Gasteiger partial charge in [-0.15, -0.1) is 12.4 Å². The fourth-order valence-corrected chi connectivity index (χ4v) is 3.30. The lowest BCUT2D eigenvalue weighted by Crippen LogP contribution is -2.34. The lowest BCUT2D eigenvalue weighted by Gasteiger charge is -2.17. The van der Waals surface area contributed by atoms with E-state index in [2.05, 4.69) is 14.9 Å². The molecule has 1 aliphatic carbocycles. The number of para-hydroxylation sites is 1. The Bertz CT molecular complexity index is 785. The zero-order valence-corrected chi connectivity index (χ0v) is 14.3. The van der Waals surface area contributed by atoms with E-state index in [0.29, 0.717) is 17.1 Å². The molecule has 0 radical (unpaired) electrons. The van der Waals surface area contributed by atoms with E-state index in [-0.39, 0.29) is 18.3 Å². The van der Waals surface area contributed by atoms with Gasteiger partial charge in [0.25, 0.3) is 5.89 Å². The van der Waals surface area contributed by atoms with Crippen LogP contribution >= 0.6 is 12.4 Å². The second kappa shape index (κ2) is 6.46. The van der Waals surface area contributed by atoms with Gasteiger partial charge in [-0.3, -0.25) is 4.72 Å². The quantitative estimate of drug-likeness (QED) is 0.867. The number of halogens is 1. The maximum Gasteiger partial charge on any atom is 0.260 e. The molecule has 3 N–H and O–H groups in total. The highest BCUT2D eigenvalue weighted by molar-refractivity contribution is 7.92. The number of hydrogen-bond acceptors (Lipinski definition) is 6. The molecule has 0 atom stereocenters. The summed E-state index contributed by atoms with van der Waals surface area (Å²) in [6, 6.07) is 6.88. The molecule has 1 heterocycles. The first-order valence-electron chi connectivity index (χ1n) is 7.08. The molecule has 0 aliphatic heterocycles. The van der Waals surface area contributed by atoms with Gasteiger partial charge in [0.05, 0.1) is 23.0 Å². The predicted octanol–water partition coefficient (Wildman–Crippen LogP) is 2.26. The number of sulfonamides is 1. The van der Waals surface area contributed by atoms with Crippen LogP contribution in [0.1, 0.15) is 31.5 Å². The van der Waals surface area contributed by atoms with E-state index in [4.69, 9.17) is 10.3 Å². The molecule has 3 rings (SSSR count). The number of nitrogens with one attached hydrogen (secondary N) is 1. The SMILES string of the molecule is CS(=O)(=O)Nc1ccccc1-c1nc(C2(N)CCCC2)no1.Cl. The Morgan fingerprint density at radius 1 is 1.26 bits per heavy atom. The van der Waals surface area contributed by atoms with Gasteiger partial charge in [0, 0.05) is 0 Å². The highest BCUT2D eigenvalue weighted by atomic mass is 35.5. The van der Waals surface area contributed by atoms with E-state index >= 15 is 0 Å². The van der Waals surface area contributed by atoms with Crippen molar-refractivity contribution in [2.75, 3.05) is 11.0 Å². The van der Waals surface area contributed by atoms with Crippen LogP contribution in [0.15, 0.2) is 28.8 Å². The van der Waals surface area contributed by atoms with Crippen LogP contribution < -0.4 is 10.5 Å². The minimum atomic E-state index is -3.39. The summed E-state index contributed by atoms with van der Waals surface area (Å²) in [6.45, 7) is 0. The molecule has 7 nitrogen and oxygen atoms in total. The van der Waals surface area contributed by atoms with Crippen molar-refractivity contribution in [1.82, 2.24) is 10.1 Å². The Morgan fingerprint density at radius 2 is 1.91 bits per heavy atom. The van der Waals surface area contributed by atoms with Gasteiger partial charge in [0.1, 0.15) is 0 Å². The van der Waals surface area contributed by atoms with Crippen LogP contribution in [0.4, 0.5) is 5.69 Å². The fraction of sp³-hybridized carbons (Fsp3) is 0.429. The molecular weight excluding hydrogens is 340 g/mol. The van der Waals surface area contributed by atoms with E-state index < -0.39 is 15.6 Å². The standard InChI is InChI=1S/C14H18N4O3S.ClH/c1-22(19,20)18-11-7-3-2-6-10(11)12-16-13(17-21-12)14(15)8-4-5-9-14;/h2-3,6-7,18H,4-5,8-9,15H2,1H3;1H. The number of anilines is 1. The van der Waals surface area contributed by atoms with E-state index in [0.717, 1.165) is 31.9 Å². The van der Waals surface area contributed by atoms with Gasteiger partial charge < -0.3 is 10.3 Å². The molecule has 0 amide bonds. The van der Waals surface area contributed by atoms with Crippen molar-refractivity contribution in [1.29, 1.82) is 0 Å². The van der Waals surface area contributed by atoms with Gasteiger partial charge in [-0.1, -0.05) is 30.1 Å². The summed E-state index contributed by atoms with van der Waals surface area (Å²) >= 11 is 0. The molecule has 1 aliphatic rings. The minimum Gasteiger partial charge on any atom is -0.334 e. The Kier molecular flexibility index (Phi) is 4.98. The van der Waals surface area contributed by atoms with Crippen LogP contribution in [-0.4, -0.2) is 24.8 Å². The van der Waals surface area contributed by atoms with Crippen LogP contribution in [0, 0.1) is 0 Å². The largest absolute Gasteiger partial charge is 0.334 e. The summed E-state index contributed by atoms with van der Waals surface area (Å²) < 4.78 is 30.7. The molecule has 9 heteroatoms. The van der Waals surface area contributed by atoms with Gasteiger partial charge >= 0.3 is 0 Å². The summed E-state index contributed by atoms with van der Waals surface area (Å²) in [5, 5.41) is 4.00. The van der Waals surface area contributed by atoms with Crippen molar-refractivity contribution < 1.29 is 12.9 Å². The average molecular weight is 359 g/mol. The van der Waals surface area contributed by atoms with Crippen molar-refractivity contribution in [3.63, 3.8) is 0 Å². The minimum absolute atomic E-state index is 0. The van der Waals surface area contributed by atoms with Crippen LogP contribution in [0.3, 0.4) is 0 Å². The molecule has 0 unspecified atom stereocenters. The predicted molar refractivity (Wildman–Crippen MR) is 89.8 cm³/mol. The highest BCUT2D eigenvalue weighted by Crippen LogP contribution is 2.36. The molecule has 0 spiro atoms. The van der Waals surface area contributed by atoms with E-state index in [1.807, 2.05) is 0 Å². The fourth-order valence-electron chi connectivity index (χ4n) is 2.72. The van der Waals surface area contributed by atoms with Crippen LogP contribution in [-0.2, 0) is 15.6 Å². The van der Waals surface area contributed by atoms with Crippen LogP contribution in [0.25, 0.3) is 11.5 Å². The zero-order chi connectivity index (χ0) is 15.8. The summed E-state index contributed by atoms with van der Waals surface area (Å²) in [7, 11) is -3.39. The lowest BCUT2D eigenvalue weighted by molar-refractivity contribution is 0.373. The number of nitrogens with zero attached hydrogens (tertiary/aromatic N) is 2. The first-order valence-corrected chi connectivity index (χ1v) is 8.97. The molecule has 1 aromatic heterocycles. The summed E-state index contributed by atoms with van der Waals surface area (Å²) in [5.41, 5.74) is 6.71. The second-order valence-corrected chi connectivity index (χ2v) is 7.45. The number of benzene rings is 1. The molecule has 126 valence electrons. The van der Waals surface area contributed by atoms with E-state index in [1.54, 1.807) is 24.3 Å². The van der Waals surface area contributed by atoms with Crippen LogP contribution in [0.2, 0.25) is 0 Å². The maximum atomic E-state index is 11.5. The number of hydrogen-bond donors (Lipinski definition) is 2. The van der Waals surface area contributed by atoms with E-state index in [1.165, 1.54) is 0 Å². The first kappa shape index (κ1) is 17.7. The lowest BCUT2D eigenvalue weighted by atomic mass is 9.98. The van der Waals surface area contributed by atoms with Crippen molar-refractivity contribution in [3.05, 3.63) is 30.1 Å². The Labute approximate surface area is 141 Å². The Balaban J connectivity index is 0.00000192. The molecule has 1 fully saturated rings. The third kappa shape index (κ3) is 3.82. The smallest absolute Gasteiger partial charge is 0.260 e. The highest BCUT2D eigenvalue weighted by Gasteiger charge is 2.36. The van der Waals surface area contributed by atoms with Crippen molar-refractivity contribution in [3.8, 4) is 11.5 Å². The van der Waals surface area contributed by atoms with Gasteiger partial charge in [-0.2, -0.15) is 4.98 Å². The normalized spacial score (nSPS) is 16.8. The van der Waals surface area contributed by atoms with Gasteiger partial charge in [-0.05, 0) is 25.0 Å². The summed E-state index contributed by atoms with van der Waals surface area (Å²) in [6.07, 6.45) is 4.85. The third-order valence-electron chi connectivity index (χ3n) is 3.82. The first-order chi connectivity index (χ1) is 10.4. The molecule has 0 bridgehead atoms. The number of aromatic nitrogens is 2. The Hall–Kier alpha value is -1.64. The molecule has 0 saturated heterocycles. The van der Waals surface area contributed by atoms with Crippen LogP contribution in [0.5, 0.6) is 0 Å². The topological polar surface area (TPSA) is 111 Å². The zero-order valence-electron chi connectivity index (χ0n) is 12.7. The molecule has 1 aromatic carbocycles.